The summed E-state index contributed by atoms with van der Waals surface area (Å²) >= 11 is 3.37. The van der Waals surface area contributed by atoms with Crippen LogP contribution in [0.5, 0.6) is 0 Å². The van der Waals surface area contributed by atoms with Crippen molar-refractivity contribution in [3.8, 4) is 0 Å². The molecule has 3 rings (SSSR count). The van der Waals surface area contributed by atoms with Crippen molar-refractivity contribution in [2.75, 3.05) is 24.9 Å². The first-order valence-electron chi connectivity index (χ1n) is 8.93. The van der Waals surface area contributed by atoms with Crippen LogP contribution in [0, 0.1) is 10.1 Å². The van der Waals surface area contributed by atoms with Crippen molar-refractivity contribution in [3.05, 3.63) is 74.5 Å². The lowest BCUT2D eigenvalue weighted by atomic mass is 10.1. The lowest BCUT2D eigenvalue weighted by Gasteiger charge is -2.12. The van der Waals surface area contributed by atoms with E-state index in [2.05, 4.69) is 36.5 Å². The van der Waals surface area contributed by atoms with Crippen LogP contribution in [-0.2, 0) is 9.47 Å². The number of carbonyl (C=O) groups excluding carboxylic acids is 2. The number of esters is 2. The van der Waals surface area contributed by atoms with Gasteiger partial charge in [-0.3, -0.25) is 10.1 Å². The molecule has 0 bridgehead atoms. The minimum atomic E-state index is -0.702. The van der Waals surface area contributed by atoms with Crippen molar-refractivity contribution in [1.29, 1.82) is 0 Å². The van der Waals surface area contributed by atoms with Gasteiger partial charge in [0.25, 0.3) is 0 Å². The van der Waals surface area contributed by atoms with Crippen LogP contribution in [0.3, 0.4) is 0 Å². The van der Waals surface area contributed by atoms with Crippen LogP contribution in [-0.4, -0.2) is 41.0 Å². The summed E-state index contributed by atoms with van der Waals surface area (Å²) in [4.78, 5) is 43.1. The fourth-order valence-corrected chi connectivity index (χ4v) is 3.12. The van der Waals surface area contributed by atoms with Gasteiger partial charge in [0.05, 0.1) is 36.0 Å². The Bertz CT molecular complexity index is 1170. The number of methoxy groups -OCH3 is 2. The maximum atomic E-state index is 12.0. The average Bonchev–Trinajstić information content (AvgIpc) is 2.79. The molecule has 1 aromatic heterocycles. The quantitative estimate of drug-likeness (QED) is 0.274. The predicted molar refractivity (Wildman–Crippen MR) is 119 cm³/mol. The fourth-order valence-electron chi connectivity index (χ4n) is 2.73. The second-order valence-electron chi connectivity index (χ2n) is 6.19. The topological polar surface area (TPSA) is 146 Å². The number of para-hydroxylation sites is 1. The van der Waals surface area contributed by atoms with Gasteiger partial charge >= 0.3 is 17.6 Å². The smallest absolute Gasteiger partial charge is 0.353 e. The molecule has 3 aromatic rings. The normalized spacial score (nSPS) is 10.2. The molecule has 0 unspecified atom stereocenters. The standard InChI is InChI=1S/C20H16BrN5O6/c1-31-19(27)11-7-12(20(28)32-2)9-13(8-11)24-17-16(26(29)30)18(23-10-22-17)25-15-6-4-3-5-14(15)21/h3-10H,1-2H3,(H2,22,23,24,25). The maximum absolute atomic E-state index is 12.0. The number of nitrogens with zero attached hydrogens (tertiary/aromatic N) is 3. The molecule has 0 atom stereocenters. The van der Waals surface area contributed by atoms with E-state index in [1.165, 1.54) is 32.4 Å². The summed E-state index contributed by atoms with van der Waals surface area (Å²) in [7, 11) is 2.38. The first-order chi connectivity index (χ1) is 15.3. The zero-order valence-electron chi connectivity index (χ0n) is 16.8. The van der Waals surface area contributed by atoms with E-state index >= 15 is 0 Å². The van der Waals surface area contributed by atoms with Crippen LogP contribution in [0.2, 0.25) is 0 Å². The zero-order chi connectivity index (χ0) is 23.3. The summed E-state index contributed by atoms with van der Waals surface area (Å²) in [6.07, 6.45) is 1.14. The van der Waals surface area contributed by atoms with Gasteiger partial charge in [0, 0.05) is 10.2 Å². The Balaban J connectivity index is 2.05. The summed E-state index contributed by atoms with van der Waals surface area (Å²) in [6.45, 7) is 0. The van der Waals surface area contributed by atoms with Crippen LogP contribution in [0.15, 0.2) is 53.3 Å². The van der Waals surface area contributed by atoms with E-state index in [0.29, 0.717) is 10.2 Å². The van der Waals surface area contributed by atoms with Gasteiger partial charge in [0.1, 0.15) is 6.33 Å². The molecular formula is C20H16BrN5O6. The Kier molecular flexibility index (Phi) is 6.95. The second kappa shape index (κ2) is 9.83. The van der Waals surface area contributed by atoms with Crippen molar-refractivity contribution in [2.24, 2.45) is 0 Å². The van der Waals surface area contributed by atoms with Crippen LogP contribution in [0.1, 0.15) is 20.7 Å². The van der Waals surface area contributed by atoms with E-state index in [9.17, 15) is 19.7 Å². The van der Waals surface area contributed by atoms with Crippen molar-refractivity contribution in [1.82, 2.24) is 9.97 Å². The first-order valence-corrected chi connectivity index (χ1v) is 9.73. The number of nitro groups is 1. The highest BCUT2D eigenvalue weighted by Crippen LogP contribution is 2.35. The van der Waals surface area contributed by atoms with Crippen LogP contribution < -0.4 is 10.6 Å². The molecule has 2 aromatic carbocycles. The third-order valence-electron chi connectivity index (χ3n) is 4.17. The van der Waals surface area contributed by atoms with E-state index in [0.717, 1.165) is 6.33 Å². The van der Waals surface area contributed by atoms with Gasteiger partial charge in [-0.25, -0.2) is 19.6 Å². The molecule has 0 radical (unpaired) electrons. The molecule has 0 fully saturated rings. The van der Waals surface area contributed by atoms with Crippen molar-refractivity contribution < 1.29 is 24.0 Å². The lowest BCUT2D eigenvalue weighted by Crippen LogP contribution is -2.09. The number of aromatic nitrogens is 2. The lowest BCUT2D eigenvalue weighted by molar-refractivity contribution is -0.383. The Morgan fingerprint density at radius 3 is 2.06 bits per heavy atom. The predicted octanol–water partition coefficient (Wildman–Crippen LogP) is 4.21. The van der Waals surface area contributed by atoms with Gasteiger partial charge in [0.2, 0.25) is 11.6 Å². The van der Waals surface area contributed by atoms with Gasteiger partial charge in [-0.2, -0.15) is 0 Å². The SMILES string of the molecule is COC(=O)c1cc(Nc2ncnc(Nc3ccccc3Br)c2[N+](=O)[O-])cc(C(=O)OC)c1. The van der Waals surface area contributed by atoms with Crippen LogP contribution >= 0.6 is 15.9 Å². The molecule has 0 saturated carbocycles. The van der Waals surface area contributed by atoms with E-state index in [-0.39, 0.29) is 28.5 Å². The molecule has 0 spiro atoms. The van der Waals surface area contributed by atoms with Crippen molar-refractivity contribution in [2.45, 2.75) is 0 Å². The number of hydrogen-bond acceptors (Lipinski definition) is 10. The molecular weight excluding hydrogens is 486 g/mol. The third kappa shape index (κ3) is 4.98. The Hall–Kier alpha value is -4.06. The van der Waals surface area contributed by atoms with Gasteiger partial charge in [0.15, 0.2) is 0 Å². The third-order valence-corrected chi connectivity index (χ3v) is 4.86. The number of nitrogens with one attached hydrogen (secondary N) is 2. The van der Waals surface area contributed by atoms with E-state index in [1.54, 1.807) is 24.3 Å². The number of halogens is 1. The molecule has 0 amide bonds. The van der Waals surface area contributed by atoms with Gasteiger partial charge in [-0.1, -0.05) is 12.1 Å². The molecule has 11 nitrogen and oxygen atoms in total. The van der Waals surface area contributed by atoms with Gasteiger partial charge in [-0.15, -0.1) is 0 Å². The van der Waals surface area contributed by atoms with Gasteiger partial charge < -0.3 is 20.1 Å². The number of anilines is 4. The number of carbonyl (C=O) groups is 2. The molecule has 2 N–H and O–H groups in total. The number of hydrogen-bond donors (Lipinski definition) is 2. The number of ether oxygens (including phenoxy) is 2. The minimum absolute atomic E-state index is 0.0428. The molecule has 32 heavy (non-hydrogen) atoms. The summed E-state index contributed by atoms with van der Waals surface area (Å²) < 4.78 is 10.1. The molecule has 0 aliphatic rings. The van der Waals surface area contributed by atoms with E-state index in [1.807, 2.05) is 0 Å². The highest BCUT2D eigenvalue weighted by molar-refractivity contribution is 9.10. The van der Waals surface area contributed by atoms with Crippen molar-refractivity contribution >= 4 is 56.6 Å². The monoisotopic (exact) mass is 501 g/mol. The zero-order valence-corrected chi connectivity index (χ0v) is 18.4. The Morgan fingerprint density at radius 1 is 0.969 bits per heavy atom. The maximum Gasteiger partial charge on any atom is 0.353 e. The summed E-state index contributed by atoms with van der Waals surface area (Å²) in [6, 6.07) is 11.1. The molecule has 1 heterocycles. The van der Waals surface area contributed by atoms with Gasteiger partial charge in [-0.05, 0) is 46.3 Å². The van der Waals surface area contributed by atoms with Crippen LogP contribution in [0.25, 0.3) is 0 Å². The highest BCUT2D eigenvalue weighted by atomic mass is 79.9. The van der Waals surface area contributed by atoms with Crippen molar-refractivity contribution in [3.63, 3.8) is 0 Å². The Morgan fingerprint density at radius 2 is 1.53 bits per heavy atom. The molecule has 0 saturated heterocycles. The molecule has 0 aliphatic carbocycles. The van der Waals surface area contributed by atoms with E-state index in [4.69, 9.17) is 9.47 Å². The largest absolute Gasteiger partial charge is 0.465 e. The minimum Gasteiger partial charge on any atom is -0.465 e. The average molecular weight is 502 g/mol. The molecule has 12 heteroatoms. The van der Waals surface area contributed by atoms with Crippen LogP contribution in [0.4, 0.5) is 28.7 Å². The summed E-state index contributed by atoms with van der Waals surface area (Å²) in [5, 5.41) is 17.5. The number of benzene rings is 2. The summed E-state index contributed by atoms with van der Waals surface area (Å²) in [5.41, 5.74) is 0.386. The Labute approximate surface area is 190 Å². The molecule has 0 aliphatic heterocycles. The second-order valence-corrected chi connectivity index (χ2v) is 7.04. The molecule has 164 valence electrons. The highest BCUT2D eigenvalue weighted by Gasteiger charge is 2.24. The first kappa shape index (κ1) is 22.6. The number of rotatable bonds is 7. The summed E-state index contributed by atoms with van der Waals surface area (Å²) in [5.74, 6) is -1.62. The van der Waals surface area contributed by atoms with E-state index < -0.39 is 22.5 Å². The fraction of sp³-hybridized carbons (Fsp3) is 0.100.